The lowest BCUT2D eigenvalue weighted by Crippen LogP contribution is -2.28. The molecule has 5 rings (SSSR count). The van der Waals surface area contributed by atoms with Crippen molar-refractivity contribution in [2.75, 3.05) is 31.5 Å². The zero-order valence-electron chi connectivity index (χ0n) is 21.4. The lowest BCUT2D eigenvalue weighted by Gasteiger charge is -2.14. The van der Waals surface area contributed by atoms with E-state index in [0.717, 1.165) is 31.7 Å². The Bertz CT molecular complexity index is 1490. The second-order valence-electron chi connectivity index (χ2n) is 9.90. The molecule has 0 saturated carbocycles. The molecule has 0 bridgehead atoms. The van der Waals surface area contributed by atoms with Crippen molar-refractivity contribution < 1.29 is 18.0 Å². The lowest BCUT2D eigenvalue weighted by atomic mass is 10.0. The zero-order valence-corrected chi connectivity index (χ0v) is 22.2. The van der Waals surface area contributed by atoms with E-state index in [1.807, 2.05) is 13.0 Å². The van der Waals surface area contributed by atoms with Crippen molar-refractivity contribution >= 4 is 39.0 Å². The topological polar surface area (TPSA) is 111 Å². The number of H-pyrrole nitrogens is 1. The number of rotatable bonds is 9. The third-order valence-electron chi connectivity index (χ3n) is 6.98. The van der Waals surface area contributed by atoms with Crippen molar-refractivity contribution in [3.63, 3.8) is 0 Å². The Balaban J connectivity index is 1.36. The van der Waals surface area contributed by atoms with Crippen LogP contribution in [-0.2, 0) is 20.4 Å². The first kappa shape index (κ1) is 25.9. The van der Waals surface area contributed by atoms with Gasteiger partial charge >= 0.3 is 0 Å². The summed E-state index contributed by atoms with van der Waals surface area (Å²) >= 11 is 0. The van der Waals surface area contributed by atoms with Crippen molar-refractivity contribution in [3.05, 3.63) is 82.7 Å². The fraction of sp³-hybridized carbons (Fsp3) is 0.310. The first-order chi connectivity index (χ1) is 18.3. The lowest BCUT2D eigenvalue weighted by molar-refractivity contribution is -0.110. The van der Waals surface area contributed by atoms with Crippen molar-refractivity contribution in [3.8, 4) is 0 Å². The number of carbonyl (C=O) groups is 2. The summed E-state index contributed by atoms with van der Waals surface area (Å²) in [4.78, 5) is 31.6. The summed E-state index contributed by atoms with van der Waals surface area (Å²) in [6, 6.07) is 15.4. The van der Waals surface area contributed by atoms with Gasteiger partial charge in [-0.1, -0.05) is 30.3 Å². The Morgan fingerprint density at radius 2 is 1.84 bits per heavy atom. The number of anilines is 1. The molecule has 2 aromatic carbocycles. The minimum absolute atomic E-state index is 0.134. The first-order valence-electron chi connectivity index (χ1n) is 12.9. The van der Waals surface area contributed by atoms with Crippen LogP contribution in [0.15, 0.2) is 59.5 Å². The van der Waals surface area contributed by atoms with Crippen molar-refractivity contribution in [2.45, 2.75) is 36.8 Å². The molecule has 9 heteroatoms. The van der Waals surface area contributed by atoms with Gasteiger partial charge in [-0.05, 0) is 81.7 Å². The Hall–Kier alpha value is -3.69. The van der Waals surface area contributed by atoms with Crippen molar-refractivity contribution in [1.82, 2.24) is 15.2 Å². The molecule has 0 radical (unpaired) electrons. The van der Waals surface area contributed by atoms with E-state index in [-0.39, 0.29) is 22.5 Å². The number of aryl methyl sites for hydroxylation is 1. The van der Waals surface area contributed by atoms with Crippen LogP contribution in [0.3, 0.4) is 0 Å². The molecule has 1 fully saturated rings. The highest BCUT2D eigenvalue weighted by molar-refractivity contribution is 7.90. The Kier molecular flexibility index (Phi) is 7.49. The average Bonchev–Trinajstić information content (AvgIpc) is 3.61. The molecular formula is C29H32N4O4S. The third-order valence-corrected chi connectivity index (χ3v) is 8.67. The number of benzene rings is 2. The maximum absolute atomic E-state index is 13.1. The number of aromatic amines is 1. The second-order valence-corrected chi connectivity index (χ2v) is 11.9. The highest BCUT2D eigenvalue weighted by Gasteiger charge is 2.28. The van der Waals surface area contributed by atoms with Crippen LogP contribution in [-0.4, -0.2) is 56.3 Å². The molecule has 3 aromatic rings. The highest BCUT2D eigenvalue weighted by atomic mass is 32.2. The van der Waals surface area contributed by atoms with Crippen molar-refractivity contribution in [1.29, 1.82) is 0 Å². The number of amides is 2. The molecule has 198 valence electrons. The number of hydrogen-bond acceptors (Lipinski definition) is 5. The van der Waals surface area contributed by atoms with Crippen LogP contribution >= 0.6 is 0 Å². The van der Waals surface area contributed by atoms with Gasteiger partial charge in [0.2, 0.25) is 0 Å². The molecule has 38 heavy (non-hydrogen) atoms. The number of nitrogens with zero attached hydrogens (tertiary/aromatic N) is 1. The molecule has 0 unspecified atom stereocenters. The van der Waals surface area contributed by atoms with Crippen LogP contribution < -0.4 is 10.6 Å². The molecule has 1 aromatic heterocycles. The van der Waals surface area contributed by atoms with E-state index in [9.17, 15) is 18.0 Å². The summed E-state index contributed by atoms with van der Waals surface area (Å²) < 4.78 is 26.2. The number of likely N-dealkylation sites (tertiary alicyclic amines) is 1. The van der Waals surface area contributed by atoms with E-state index in [2.05, 4.69) is 20.5 Å². The molecule has 3 N–H and O–H groups in total. The zero-order chi connectivity index (χ0) is 26.7. The van der Waals surface area contributed by atoms with Gasteiger partial charge < -0.3 is 20.5 Å². The highest BCUT2D eigenvalue weighted by Crippen LogP contribution is 2.35. The van der Waals surface area contributed by atoms with Gasteiger partial charge in [0, 0.05) is 23.5 Å². The van der Waals surface area contributed by atoms with E-state index >= 15 is 0 Å². The summed E-state index contributed by atoms with van der Waals surface area (Å²) in [5.41, 5.74) is 3.78. The van der Waals surface area contributed by atoms with Crippen LogP contribution in [0, 0.1) is 6.92 Å². The van der Waals surface area contributed by atoms with Gasteiger partial charge in [0.15, 0.2) is 9.84 Å². The van der Waals surface area contributed by atoms with Gasteiger partial charge in [-0.15, -0.1) is 0 Å². The first-order valence-corrected chi connectivity index (χ1v) is 14.6. The monoisotopic (exact) mass is 532 g/mol. The van der Waals surface area contributed by atoms with E-state index in [1.165, 1.54) is 25.0 Å². The quantitative estimate of drug-likeness (QED) is 0.285. The van der Waals surface area contributed by atoms with E-state index in [0.29, 0.717) is 40.2 Å². The number of aromatic nitrogens is 1. The average molecular weight is 533 g/mol. The third kappa shape index (κ3) is 5.74. The van der Waals surface area contributed by atoms with Crippen LogP contribution in [0.1, 0.15) is 52.1 Å². The van der Waals surface area contributed by atoms with Gasteiger partial charge in [-0.3, -0.25) is 9.59 Å². The molecule has 0 atom stereocenters. The number of carbonyl (C=O) groups excluding carboxylic acids is 2. The fourth-order valence-electron chi connectivity index (χ4n) is 5.04. The maximum atomic E-state index is 13.1. The Morgan fingerprint density at radius 3 is 2.61 bits per heavy atom. The predicted molar refractivity (Wildman–Crippen MR) is 148 cm³/mol. The van der Waals surface area contributed by atoms with Crippen LogP contribution in [0.2, 0.25) is 0 Å². The Labute approximate surface area is 223 Å². The SMILES string of the molecule is Cc1cc(C(=O)NCCCN2CCCC2)c(/C=C2\C(=O)Nc3ccc(S(=O)(=O)Cc4ccccc4)cc32)[nH]1. The predicted octanol–water partition coefficient (Wildman–Crippen LogP) is 4.01. The number of nitrogens with one attached hydrogen (secondary N) is 3. The smallest absolute Gasteiger partial charge is 0.256 e. The van der Waals surface area contributed by atoms with Gasteiger partial charge in [0.05, 0.1) is 27.5 Å². The van der Waals surface area contributed by atoms with E-state index in [4.69, 9.17) is 0 Å². The van der Waals surface area contributed by atoms with Crippen LogP contribution in [0.25, 0.3) is 11.6 Å². The van der Waals surface area contributed by atoms with Crippen LogP contribution in [0.5, 0.6) is 0 Å². The summed E-state index contributed by atoms with van der Waals surface area (Å²) in [5, 5.41) is 5.79. The molecular weight excluding hydrogens is 500 g/mol. The van der Waals surface area contributed by atoms with Crippen molar-refractivity contribution in [2.24, 2.45) is 0 Å². The normalized spacial score (nSPS) is 16.6. The molecule has 8 nitrogen and oxygen atoms in total. The molecule has 0 spiro atoms. The Morgan fingerprint density at radius 1 is 1.08 bits per heavy atom. The standard InChI is InChI=1S/C29H32N4O4S/c1-20-16-25(28(34)30-12-7-15-33-13-5-6-14-33)27(31-20)18-24-23-17-22(10-11-26(23)32-29(24)35)38(36,37)19-21-8-3-2-4-9-21/h2-4,8-11,16-18,31H,5-7,12-15,19H2,1H3,(H,30,34)(H,32,35)/b24-18-. The van der Waals surface area contributed by atoms with Gasteiger partial charge in [-0.2, -0.15) is 0 Å². The van der Waals surface area contributed by atoms with Gasteiger partial charge in [0.1, 0.15) is 0 Å². The molecule has 0 aliphatic carbocycles. The summed E-state index contributed by atoms with van der Waals surface area (Å²) in [5.74, 6) is -0.687. The molecule has 3 heterocycles. The molecule has 2 aliphatic rings. The number of sulfone groups is 1. The number of fused-ring (bicyclic) bond motifs is 1. The van der Waals surface area contributed by atoms with E-state index < -0.39 is 9.84 Å². The largest absolute Gasteiger partial charge is 0.358 e. The molecule has 2 amide bonds. The summed E-state index contributed by atoms with van der Waals surface area (Å²) in [7, 11) is -3.63. The minimum atomic E-state index is -3.63. The second kappa shape index (κ2) is 11.0. The van der Waals surface area contributed by atoms with E-state index in [1.54, 1.807) is 42.5 Å². The minimum Gasteiger partial charge on any atom is -0.358 e. The molecule has 1 saturated heterocycles. The number of hydrogen-bond donors (Lipinski definition) is 3. The fourth-order valence-corrected chi connectivity index (χ4v) is 6.41. The van der Waals surface area contributed by atoms with Gasteiger partial charge in [0.25, 0.3) is 11.8 Å². The summed E-state index contributed by atoms with van der Waals surface area (Å²) in [6.45, 7) is 5.64. The maximum Gasteiger partial charge on any atom is 0.256 e. The summed E-state index contributed by atoms with van der Waals surface area (Å²) in [6.07, 6.45) is 4.98. The van der Waals surface area contributed by atoms with Crippen LogP contribution in [0.4, 0.5) is 5.69 Å². The molecule has 2 aliphatic heterocycles. The van der Waals surface area contributed by atoms with Gasteiger partial charge in [-0.25, -0.2) is 8.42 Å².